The van der Waals surface area contributed by atoms with E-state index in [0.29, 0.717) is 25.9 Å². The summed E-state index contributed by atoms with van der Waals surface area (Å²) in [5.74, 6) is 0.0568. The number of piperazine rings is 1. The van der Waals surface area contributed by atoms with Crippen LogP contribution in [0, 0.1) is 0 Å². The Morgan fingerprint density at radius 2 is 1.87 bits per heavy atom. The first-order valence-corrected chi connectivity index (χ1v) is 8.53. The van der Waals surface area contributed by atoms with E-state index in [1.807, 2.05) is 4.90 Å². The molecule has 1 atom stereocenters. The highest BCUT2D eigenvalue weighted by Crippen LogP contribution is 2.24. The average Bonchev–Trinajstić information content (AvgIpc) is 2.53. The molecule has 1 unspecified atom stereocenters. The number of hydrogen-bond donors (Lipinski definition) is 2. The van der Waals surface area contributed by atoms with E-state index in [0.717, 1.165) is 39.1 Å². The Hall–Kier alpha value is -1.18. The van der Waals surface area contributed by atoms with Gasteiger partial charge in [0.15, 0.2) is 0 Å². The summed E-state index contributed by atoms with van der Waals surface area (Å²) >= 11 is 0. The van der Waals surface area contributed by atoms with Gasteiger partial charge in [-0.1, -0.05) is 0 Å². The van der Waals surface area contributed by atoms with Gasteiger partial charge in [-0.15, -0.1) is 0 Å². The van der Waals surface area contributed by atoms with Gasteiger partial charge in [0, 0.05) is 52.7 Å². The SMILES string of the molecule is CNC(=O)CC1(O)CCCN(CCC(=O)N2CCN(C)CC2)C1. The molecule has 2 N–H and O–H groups in total. The van der Waals surface area contributed by atoms with E-state index in [1.54, 1.807) is 7.05 Å². The van der Waals surface area contributed by atoms with E-state index >= 15 is 0 Å². The number of carbonyl (C=O) groups is 2. The minimum Gasteiger partial charge on any atom is -0.388 e. The molecule has 2 amide bonds. The van der Waals surface area contributed by atoms with E-state index in [9.17, 15) is 14.7 Å². The Kier molecular flexibility index (Phi) is 6.38. The van der Waals surface area contributed by atoms with Crippen LogP contribution in [-0.2, 0) is 9.59 Å². The molecule has 132 valence electrons. The number of hydrogen-bond acceptors (Lipinski definition) is 5. The highest BCUT2D eigenvalue weighted by atomic mass is 16.3. The third kappa shape index (κ3) is 5.44. The van der Waals surface area contributed by atoms with Crippen molar-refractivity contribution in [2.45, 2.75) is 31.3 Å². The molecule has 2 saturated heterocycles. The molecule has 0 saturated carbocycles. The van der Waals surface area contributed by atoms with Crippen molar-refractivity contribution in [2.75, 3.05) is 59.9 Å². The maximum atomic E-state index is 12.3. The molecule has 23 heavy (non-hydrogen) atoms. The van der Waals surface area contributed by atoms with Crippen LogP contribution in [0.1, 0.15) is 25.7 Å². The molecule has 0 aromatic rings. The third-order valence-electron chi connectivity index (χ3n) is 4.90. The molecule has 0 aromatic heterocycles. The lowest BCUT2D eigenvalue weighted by molar-refractivity contribution is -0.134. The molecule has 0 aliphatic carbocycles. The number of likely N-dealkylation sites (N-methyl/N-ethyl adjacent to an activating group) is 1. The Labute approximate surface area is 138 Å². The molecule has 2 aliphatic heterocycles. The fourth-order valence-electron chi connectivity index (χ4n) is 3.40. The number of β-amino-alcohol motifs (C(OH)–C–C–N with tert-alkyl or cyclic N) is 1. The summed E-state index contributed by atoms with van der Waals surface area (Å²) in [4.78, 5) is 30.1. The molecular weight excluding hydrogens is 296 g/mol. The van der Waals surface area contributed by atoms with Crippen LogP contribution in [-0.4, -0.2) is 97.1 Å². The quantitative estimate of drug-likeness (QED) is 0.686. The fraction of sp³-hybridized carbons (Fsp3) is 0.875. The van der Waals surface area contributed by atoms with E-state index < -0.39 is 5.60 Å². The van der Waals surface area contributed by atoms with Crippen LogP contribution < -0.4 is 5.32 Å². The first kappa shape index (κ1) is 18.2. The molecule has 2 rings (SSSR count). The molecule has 0 aromatic carbocycles. The predicted octanol–water partition coefficient (Wildman–Crippen LogP) is -0.886. The lowest BCUT2D eigenvalue weighted by Crippen LogP contribution is -2.51. The minimum atomic E-state index is -0.963. The Balaban J connectivity index is 1.76. The molecule has 0 bridgehead atoms. The van der Waals surface area contributed by atoms with Gasteiger partial charge >= 0.3 is 0 Å². The second kappa shape index (κ2) is 8.08. The number of likely N-dealkylation sites (tertiary alicyclic amines) is 1. The van der Waals surface area contributed by atoms with Crippen LogP contribution in [0.2, 0.25) is 0 Å². The smallest absolute Gasteiger partial charge is 0.223 e. The molecular formula is C16H30N4O3. The average molecular weight is 326 g/mol. The number of nitrogens with one attached hydrogen (secondary N) is 1. The van der Waals surface area contributed by atoms with Crippen molar-refractivity contribution < 1.29 is 14.7 Å². The number of aliphatic hydroxyl groups is 1. The van der Waals surface area contributed by atoms with Gasteiger partial charge in [-0.25, -0.2) is 0 Å². The molecule has 2 aliphatic rings. The maximum Gasteiger partial charge on any atom is 0.223 e. The normalized spacial score (nSPS) is 27.0. The lowest BCUT2D eigenvalue weighted by atomic mass is 9.89. The Morgan fingerprint density at radius 3 is 2.52 bits per heavy atom. The maximum absolute atomic E-state index is 12.3. The van der Waals surface area contributed by atoms with E-state index in [2.05, 4.69) is 22.2 Å². The lowest BCUT2D eigenvalue weighted by Gasteiger charge is -2.39. The molecule has 7 nitrogen and oxygen atoms in total. The second-order valence-electron chi connectivity index (χ2n) is 6.89. The molecule has 0 radical (unpaired) electrons. The van der Waals surface area contributed by atoms with Crippen LogP contribution >= 0.6 is 0 Å². The van der Waals surface area contributed by atoms with Gasteiger partial charge < -0.3 is 20.2 Å². The van der Waals surface area contributed by atoms with Crippen molar-refractivity contribution in [2.24, 2.45) is 0 Å². The van der Waals surface area contributed by atoms with Crippen molar-refractivity contribution in [1.29, 1.82) is 0 Å². The zero-order valence-corrected chi connectivity index (χ0v) is 14.4. The summed E-state index contributed by atoms with van der Waals surface area (Å²) in [6.45, 7) is 5.47. The Bertz CT molecular complexity index is 424. The van der Waals surface area contributed by atoms with Gasteiger partial charge in [-0.2, -0.15) is 0 Å². The Morgan fingerprint density at radius 1 is 1.17 bits per heavy atom. The topological polar surface area (TPSA) is 76.1 Å². The minimum absolute atomic E-state index is 0.131. The number of nitrogens with zero attached hydrogens (tertiary/aromatic N) is 3. The van der Waals surface area contributed by atoms with E-state index in [-0.39, 0.29) is 18.2 Å². The van der Waals surface area contributed by atoms with E-state index in [1.165, 1.54) is 0 Å². The van der Waals surface area contributed by atoms with Crippen LogP contribution in [0.3, 0.4) is 0 Å². The van der Waals surface area contributed by atoms with Crippen molar-refractivity contribution in [1.82, 2.24) is 20.0 Å². The standard InChI is InChI=1S/C16H30N4O3/c1-17-14(21)12-16(23)5-3-6-19(13-16)7-4-15(22)20-10-8-18(2)9-11-20/h23H,3-13H2,1-2H3,(H,17,21). The molecule has 2 fully saturated rings. The highest BCUT2D eigenvalue weighted by Gasteiger charge is 2.35. The molecule has 0 spiro atoms. The molecule has 2 heterocycles. The largest absolute Gasteiger partial charge is 0.388 e. The highest BCUT2D eigenvalue weighted by molar-refractivity contribution is 5.77. The van der Waals surface area contributed by atoms with Gasteiger partial charge in [0.2, 0.25) is 11.8 Å². The molecule has 7 heteroatoms. The number of carbonyl (C=O) groups excluding carboxylic acids is 2. The number of piperidine rings is 1. The van der Waals surface area contributed by atoms with Gasteiger partial charge in [0.05, 0.1) is 12.0 Å². The second-order valence-corrected chi connectivity index (χ2v) is 6.89. The predicted molar refractivity (Wildman–Crippen MR) is 88.0 cm³/mol. The van der Waals surface area contributed by atoms with Crippen molar-refractivity contribution in [3.05, 3.63) is 0 Å². The number of amides is 2. The summed E-state index contributed by atoms with van der Waals surface area (Å²) in [7, 11) is 3.66. The van der Waals surface area contributed by atoms with E-state index in [4.69, 9.17) is 0 Å². The van der Waals surface area contributed by atoms with Crippen molar-refractivity contribution in [3.8, 4) is 0 Å². The van der Waals surface area contributed by atoms with Gasteiger partial charge in [-0.3, -0.25) is 14.5 Å². The zero-order valence-electron chi connectivity index (χ0n) is 14.4. The van der Waals surface area contributed by atoms with Gasteiger partial charge in [0.1, 0.15) is 0 Å². The monoisotopic (exact) mass is 326 g/mol. The van der Waals surface area contributed by atoms with Crippen LogP contribution in [0.15, 0.2) is 0 Å². The first-order chi connectivity index (χ1) is 10.9. The summed E-state index contributed by atoms with van der Waals surface area (Å²) in [5, 5.41) is 13.1. The van der Waals surface area contributed by atoms with Crippen LogP contribution in [0.25, 0.3) is 0 Å². The summed E-state index contributed by atoms with van der Waals surface area (Å²) in [6, 6.07) is 0. The summed E-state index contributed by atoms with van der Waals surface area (Å²) < 4.78 is 0. The van der Waals surface area contributed by atoms with Gasteiger partial charge in [-0.05, 0) is 26.4 Å². The zero-order chi connectivity index (χ0) is 16.9. The van der Waals surface area contributed by atoms with Crippen LogP contribution in [0.5, 0.6) is 0 Å². The van der Waals surface area contributed by atoms with Crippen molar-refractivity contribution in [3.63, 3.8) is 0 Å². The summed E-state index contributed by atoms with van der Waals surface area (Å²) in [6.07, 6.45) is 2.12. The fourth-order valence-corrected chi connectivity index (χ4v) is 3.40. The number of rotatable bonds is 5. The third-order valence-corrected chi connectivity index (χ3v) is 4.90. The van der Waals surface area contributed by atoms with Crippen molar-refractivity contribution >= 4 is 11.8 Å². The van der Waals surface area contributed by atoms with Crippen LogP contribution in [0.4, 0.5) is 0 Å². The van der Waals surface area contributed by atoms with Gasteiger partial charge in [0.25, 0.3) is 0 Å². The first-order valence-electron chi connectivity index (χ1n) is 8.53. The summed E-state index contributed by atoms with van der Waals surface area (Å²) in [5.41, 5.74) is -0.963.